The molecule has 0 amide bonds. The molecule has 110 valence electrons. The fraction of sp³-hybridized carbons (Fsp3) is 0.467. The first-order chi connectivity index (χ1) is 9.47. The first-order valence-corrected chi connectivity index (χ1v) is 8.41. The van der Waals surface area contributed by atoms with E-state index in [4.69, 9.17) is 0 Å². The third-order valence-electron chi connectivity index (χ3n) is 3.19. The molecule has 0 aliphatic heterocycles. The summed E-state index contributed by atoms with van der Waals surface area (Å²) in [5.74, 6) is 0. The van der Waals surface area contributed by atoms with Gasteiger partial charge in [-0.3, -0.25) is 0 Å². The molecule has 1 saturated carbocycles. The number of nitrogens with one attached hydrogen (secondary N) is 2. The first-order valence-electron chi connectivity index (χ1n) is 6.93. The molecule has 4 nitrogen and oxygen atoms in total. The molecule has 0 bridgehead atoms. The molecule has 2 rings (SSSR count). The third kappa shape index (κ3) is 4.74. The molecule has 0 atom stereocenters. The smallest absolute Gasteiger partial charge is 0.240 e. The molecule has 1 aromatic rings. The molecule has 0 saturated heterocycles. The lowest BCUT2D eigenvalue weighted by atomic mass is 10.2. The summed E-state index contributed by atoms with van der Waals surface area (Å²) in [6.07, 6.45) is 4.35. The molecular formula is C15H22N2O2S. The number of allylic oxidation sites excluding steroid dienone is 1. The van der Waals surface area contributed by atoms with Gasteiger partial charge in [0.15, 0.2) is 0 Å². The van der Waals surface area contributed by atoms with Crippen LogP contribution in [0.15, 0.2) is 40.8 Å². The summed E-state index contributed by atoms with van der Waals surface area (Å²) < 4.78 is 26.7. The van der Waals surface area contributed by atoms with Crippen molar-refractivity contribution in [2.45, 2.75) is 44.2 Å². The van der Waals surface area contributed by atoms with E-state index < -0.39 is 10.0 Å². The summed E-state index contributed by atoms with van der Waals surface area (Å²) in [6, 6.07) is 7.71. The van der Waals surface area contributed by atoms with E-state index in [9.17, 15) is 8.42 Å². The van der Waals surface area contributed by atoms with Crippen LogP contribution < -0.4 is 10.0 Å². The number of rotatable bonds is 7. The molecule has 5 heteroatoms. The predicted octanol–water partition coefficient (Wildman–Crippen LogP) is 2.18. The molecule has 0 aromatic heterocycles. The number of sulfonamides is 1. The van der Waals surface area contributed by atoms with Gasteiger partial charge in [0.25, 0.3) is 0 Å². The van der Waals surface area contributed by atoms with E-state index in [1.54, 1.807) is 12.1 Å². The van der Waals surface area contributed by atoms with Crippen LogP contribution in [0, 0.1) is 0 Å². The minimum absolute atomic E-state index is 0.315. The van der Waals surface area contributed by atoms with Crippen LogP contribution in [0.4, 0.5) is 0 Å². The van der Waals surface area contributed by atoms with Crippen molar-refractivity contribution in [1.82, 2.24) is 10.0 Å². The van der Waals surface area contributed by atoms with E-state index in [2.05, 4.69) is 10.0 Å². The molecular weight excluding hydrogens is 272 g/mol. The Hall–Kier alpha value is -1.17. The Labute approximate surface area is 121 Å². The quantitative estimate of drug-likeness (QED) is 0.758. The van der Waals surface area contributed by atoms with Gasteiger partial charge in [0.05, 0.1) is 4.90 Å². The molecule has 0 heterocycles. The predicted molar refractivity (Wildman–Crippen MR) is 80.9 cm³/mol. The highest BCUT2D eigenvalue weighted by Crippen LogP contribution is 2.19. The summed E-state index contributed by atoms with van der Waals surface area (Å²) >= 11 is 0. The largest absolute Gasteiger partial charge is 0.310 e. The van der Waals surface area contributed by atoms with Crippen LogP contribution in [-0.2, 0) is 16.6 Å². The SMILES string of the molecule is CC(C)=CCNS(=O)(=O)c1ccc(CNC2CC2)cc1. The fourth-order valence-corrected chi connectivity index (χ4v) is 2.74. The highest BCUT2D eigenvalue weighted by Gasteiger charge is 2.20. The van der Waals surface area contributed by atoms with Crippen LogP contribution in [-0.4, -0.2) is 21.0 Å². The second-order valence-corrected chi connectivity index (χ2v) is 7.20. The molecule has 0 spiro atoms. The van der Waals surface area contributed by atoms with E-state index in [0.29, 0.717) is 17.5 Å². The van der Waals surface area contributed by atoms with E-state index in [0.717, 1.165) is 17.7 Å². The van der Waals surface area contributed by atoms with E-state index in [1.807, 2.05) is 32.1 Å². The van der Waals surface area contributed by atoms with Gasteiger partial charge in [0.1, 0.15) is 0 Å². The van der Waals surface area contributed by atoms with E-state index in [1.165, 1.54) is 12.8 Å². The molecule has 1 fully saturated rings. The molecule has 0 unspecified atom stereocenters. The van der Waals surface area contributed by atoms with Gasteiger partial charge in [-0.1, -0.05) is 23.8 Å². The maximum atomic E-state index is 12.0. The van der Waals surface area contributed by atoms with E-state index in [-0.39, 0.29) is 0 Å². The van der Waals surface area contributed by atoms with Crippen LogP contribution in [0.1, 0.15) is 32.3 Å². The zero-order valence-corrected chi connectivity index (χ0v) is 12.8. The van der Waals surface area contributed by atoms with Gasteiger partial charge in [0.2, 0.25) is 10.0 Å². The van der Waals surface area contributed by atoms with Gasteiger partial charge in [-0.25, -0.2) is 13.1 Å². The van der Waals surface area contributed by atoms with Gasteiger partial charge < -0.3 is 5.32 Å². The highest BCUT2D eigenvalue weighted by atomic mass is 32.2. The van der Waals surface area contributed by atoms with E-state index >= 15 is 0 Å². The van der Waals surface area contributed by atoms with Crippen molar-refractivity contribution >= 4 is 10.0 Å². The molecule has 1 aromatic carbocycles. The lowest BCUT2D eigenvalue weighted by Crippen LogP contribution is -2.24. The summed E-state index contributed by atoms with van der Waals surface area (Å²) in [4.78, 5) is 0.315. The molecule has 1 aliphatic carbocycles. The summed E-state index contributed by atoms with van der Waals surface area (Å²) in [6.45, 7) is 5.01. The van der Waals surface area contributed by atoms with Crippen LogP contribution in [0.2, 0.25) is 0 Å². The summed E-state index contributed by atoms with van der Waals surface area (Å²) in [5, 5.41) is 3.40. The van der Waals surface area contributed by atoms with Crippen molar-refractivity contribution in [3.05, 3.63) is 41.5 Å². The lowest BCUT2D eigenvalue weighted by Gasteiger charge is -2.07. The topological polar surface area (TPSA) is 58.2 Å². The summed E-state index contributed by atoms with van der Waals surface area (Å²) in [7, 11) is -3.41. The van der Waals surface area contributed by atoms with Gasteiger partial charge in [-0.05, 0) is 44.4 Å². The van der Waals surface area contributed by atoms with Crippen LogP contribution in [0.3, 0.4) is 0 Å². The fourth-order valence-electron chi connectivity index (χ4n) is 1.77. The molecule has 1 aliphatic rings. The Morgan fingerprint density at radius 3 is 2.45 bits per heavy atom. The van der Waals surface area contributed by atoms with Crippen molar-refractivity contribution in [1.29, 1.82) is 0 Å². The Kier molecular flexibility index (Phi) is 4.96. The zero-order chi connectivity index (χ0) is 14.6. The third-order valence-corrected chi connectivity index (χ3v) is 4.63. The standard InChI is InChI=1S/C15H22N2O2S/c1-12(2)9-10-17-20(18,19)15-7-3-13(4-8-15)11-16-14-5-6-14/h3-4,7-9,14,16-17H,5-6,10-11H2,1-2H3. The van der Waals surface area contributed by atoms with Gasteiger partial charge in [-0.15, -0.1) is 0 Å². The minimum Gasteiger partial charge on any atom is -0.310 e. The first kappa shape index (κ1) is 15.2. The Morgan fingerprint density at radius 2 is 1.90 bits per heavy atom. The number of hydrogen-bond donors (Lipinski definition) is 2. The number of hydrogen-bond acceptors (Lipinski definition) is 3. The zero-order valence-electron chi connectivity index (χ0n) is 12.0. The summed E-state index contributed by atoms with van der Waals surface area (Å²) in [5.41, 5.74) is 2.20. The van der Waals surface area contributed by atoms with Gasteiger partial charge >= 0.3 is 0 Å². The average molecular weight is 294 g/mol. The van der Waals surface area contributed by atoms with Crippen LogP contribution in [0.5, 0.6) is 0 Å². The minimum atomic E-state index is -3.41. The van der Waals surface area contributed by atoms with Crippen molar-refractivity contribution in [2.75, 3.05) is 6.54 Å². The monoisotopic (exact) mass is 294 g/mol. The highest BCUT2D eigenvalue weighted by molar-refractivity contribution is 7.89. The van der Waals surface area contributed by atoms with Crippen molar-refractivity contribution < 1.29 is 8.42 Å². The van der Waals surface area contributed by atoms with Crippen LogP contribution >= 0.6 is 0 Å². The average Bonchev–Trinajstić information content (AvgIpc) is 3.20. The second-order valence-electron chi connectivity index (χ2n) is 5.43. The van der Waals surface area contributed by atoms with Crippen molar-refractivity contribution in [3.8, 4) is 0 Å². The lowest BCUT2D eigenvalue weighted by molar-refractivity contribution is 0.585. The maximum absolute atomic E-state index is 12.0. The maximum Gasteiger partial charge on any atom is 0.240 e. The Bertz CT molecular complexity index is 568. The van der Waals surface area contributed by atoms with Gasteiger partial charge in [0, 0.05) is 19.1 Å². The molecule has 2 N–H and O–H groups in total. The number of benzene rings is 1. The van der Waals surface area contributed by atoms with Crippen LogP contribution in [0.25, 0.3) is 0 Å². The molecule has 20 heavy (non-hydrogen) atoms. The Morgan fingerprint density at radius 1 is 1.25 bits per heavy atom. The normalized spacial score (nSPS) is 15.1. The molecule has 0 radical (unpaired) electrons. The van der Waals surface area contributed by atoms with Gasteiger partial charge in [-0.2, -0.15) is 0 Å². The Balaban J connectivity index is 1.94. The van der Waals surface area contributed by atoms with Crippen molar-refractivity contribution in [2.24, 2.45) is 0 Å². The van der Waals surface area contributed by atoms with Crippen molar-refractivity contribution in [3.63, 3.8) is 0 Å². The second kappa shape index (κ2) is 6.52.